The molecule has 2 rings (SSSR count). The third-order valence-electron chi connectivity index (χ3n) is 1.48. The van der Waals surface area contributed by atoms with Crippen molar-refractivity contribution >= 4 is 15.9 Å². The van der Waals surface area contributed by atoms with Gasteiger partial charge in [0.1, 0.15) is 12.7 Å². The van der Waals surface area contributed by atoms with E-state index in [1.807, 2.05) is 6.92 Å². The third-order valence-corrected chi connectivity index (χ3v) is 1.86. The number of fused-ring (bicyclic) bond motifs is 1. The molecule has 1 aliphatic heterocycles. The van der Waals surface area contributed by atoms with Crippen LogP contribution in [0.25, 0.3) is 0 Å². The zero-order valence-corrected chi connectivity index (χ0v) is 8.04. The molecule has 64 valence electrons. The van der Waals surface area contributed by atoms with Crippen molar-refractivity contribution in [1.82, 2.24) is 9.97 Å². The fourth-order valence-corrected chi connectivity index (χ4v) is 1.23. The summed E-state index contributed by atoms with van der Waals surface area (Å²) in [6, 6.07) is 0. The standard InChI is InChI=1S/C7H7BrN2O2/c1-4-3-11-6-5(12-4)2-9-7(8)10-6/h2,4H,3H2,1H3/t4-/m1/s1. The van der Waals surface area contributed by atoms with Gasteiger partial charge in [0.15, 0.2) is 10.5 Å². The van der Waals surface area contributed by atoms with Gasteiger partial charge in [0.05, 0.1) is 6.20 Å². The lowest BCUT2D eigenvalue weighted by Gasteiger charge is -2.22. The molecule has 1 aromatic heterocycles. The first-order valence-electron chi connectivity index (χ1n) is 3.57. The number of nitrogens with zero attached hydrogens (tertiary/aromatic N) is 2. The molecule has 0 N–H and O–H groups in total. The molecule has 0 aromatic carbocycles. The lowest BCUT2D eigenvalue weighted by atomic mass is 10.4. The Balaban J connectivity index is 2.37. The molecule has 0 spiro atoms. The molecule has 0 saturated heterocycles. The Hall–Kier alpha value is -0.840. The van der Waals surface area contributed by atoms with Crippen molar-refractivity contribution in [3.05, 3.63) is 10.9 Å². The molecular formula is C7H7BrN2O2. The predicted octanol–water partition coefficient (Wildman–Crippen LogP) is 1.40. The highest BCUT2D eigenvalue weighted by atomic mass is 79.9. The van der Waals surface area contributed by atoms with E-state index < -0.39 is 0 Å². The van der Waals surface area contributed by atoms with E-state index in [-0.39, 0.29) is 6.10 Å². The molecule has 0 saturated carbocycles. The molecule has 0 fully saturated rings. The van der Waals surface area contributed by atoms with Crippen LogP contribution in [0.2, 0.25) is 0 Å². The fourth-order valence-electron chi connectivity index (χ4n) is 0.966. The molecular weight excluding hydrogens is 224 g/mol. The number of halogens is 1. The van der Waals surface area contributed by atoms with Crippen molar-refractivity contribution in [3.8, 4) is 11.6 Å². The summed E-state index contributed by atoms with van der Waals surface area (Å²) in [5.41, 5.74) is 0. The Kier molecular flexibility index (Phi) is 1.88. The van der Waals surface area contributed by atoms with E-state index in [0.29, 0.717) is 23.0 Å². The van der Waals surface area contributed by atoms with E-state index >= 15 is 0 Å². The summed E-state index contributed by atoms with van der Waals surface area (Å²) < 4.78 is 11.2. The smallest absolute Gasteiger partial charge is 0.261 e. The summed E-state index contributed by atoms with van der Waals surface area (Å²) >= 11 is 3.15. The predicted molar refractivity (Wildman–Crippen MR) is 45.3 cm³/mol. The molecule has 2 heterocycles. The van der Waals surface area contributed by atoms with Crippen molar-refractivity contribution in [2.75, 3.05) is 6.61 Å². The molecule has 5 heteroatoms. The first-order valence-corrected chi connectivity index (χ1v) is 4.37. The first kappa shape index (κ1) is 7.79. The molecule has 0 unspecified atom stereocenters. The second-order valence-electron chi connectivity index (χ2n) is 2.55. The van der Waals surface area contributed by atoms with E-state index in [0.717, 1.165) is 0 Å². The van der Waals surface area contributed by atoms with Crippen LogP contribution < -0.4 is 9.47 Å². The van der Waals surface area contributed by atoms with Crippen LogP contribution in [0.15, 0.2) is 10.9 Å². The highest BCUT2D eigenvalue weighted by molar-refractivity contribution is 9.10. The Morgan fingerprint density at radius 3 is 3.33 bits per heavy atom. The SMILES string of the molecule is C[C@@H]1COc2nc(Br)ncc2O1. The molecule has 0 radical (unpaired) electrons. The van der Waals surface area contributed by atoms with E-state index in [2.05, 4.69) is 25.9 Å². The summed E-state index contributed by atoms with van der Waals surface area (Å²) in [6.07, 6.45) is 1.67. The van der Waals surface area contributed by atoms with Gasteiger partial charge in [0.2, 0.25) is 0 Å². The van der Waals surface area contributed by atoms with Gasteiger partial charge < -0.3 is 9.47 Å². The zero-order chi connectivity index (χ0) is 8.55. The van der Waals surface area contributed by atoms with Crippen molar-refractivity contribution < 1.29 is 9.47 Å². The molecule has 0 bridgehead atoms. The van der Waals surface area contributed by atoms with Gasteiger partial charge in [0.25, 0.3) is 5.88 Å². The van der Waals surface area contributed by atoms with Crippen LogP contribution in [-0.4, -0.2) is 22.7 Å². The monoisotopic (exact) mass is 230 g/mol. The van der Waals surface area contributed by atoms with Gasteiger partial charge in [-0.1, -0.05) is 0 Å². The van der Waals surface area contributed by atoms with Crippen molar-refractivity contribution in [2.24, 2.45) is 0 Å². The Bertz CT molecular complexity index is 305. The van der Waals surface area contributed by atoms with Crippen molar-refractivity contribution in [3.63, 3.8) is 0 Å². The van der Waals surface area contributed by atoms with Gasteiger partial charge in [-0.15, -0.1) is 0 Å². The van der Waals surface area contributed by atoms with Crippen LogP contribution in [0.3, 0.4) is 0 Å². The number of hydrogen-bond acceptors (Lipinski definition) is 4. The summed E-state index contributed by atoms with van der Waals surface area (Å²) in [7, 11) is 0. The maximum Gasteiger partial charge on any atom is 0.261 e. The summed E-state index contributed by atoms with van der Waals surface area (Å²) in [4.78, 5) is 7.93. The largest absolute Gasteiger partial charge is 0.480 e. The highest BCUT2D eigenvalue weighted by Crippen LogP contribution is 2.29. The average molecular weight is 231 g/mol. The molecule has 1 aliphatic rings. The second-order valence-corrected chi connectivity index (χ2v) is 3.26. The molecule has 4 nitrogen and oxygen atoms in total. The van der Waals surface area contributed by atoms with Crippen LogP contribution >= 0.6 is 15.9 Å². The fraction of sp³-hybridized carbons (Fsp3) is 0.429. The third kappa shape index (κ3) is 1.36. The molecule has 1 aromatic rings. The van der Waals surface area contributed by atoms with E-state index in [1.54, 1.807) is 6.20 Å². The maximum atomic E-state index is 5.42. The van der Waals surface area contributed by atoms with Gasteiger partial charge in [-0.05, 0) is 22.9 Å². The number of ether oxygens (including phenoxy) is 2. The van der Waals surface area contributed by atoms with Crippen LogP contribution in [-0.2, 0) is 0 Å². The average Bonchev–Trinajstić information content (AvgIpc) is 2.05. The normalized spacial score (nSPS) is 20.7. The van der Waals surface area contributed by atoms with Crippen LogP contribution in [0.4, 0.5) is 0 Å². The van der Waals surface area contributed by atoms with E-state index in [4.69, 9.17) is 9.47 Å². The van der Waals surface area contributed by atoms with Gasteiger partial charge >= 0.3 is 0 Å². The van der Waals surface area contributed by atoms with Crippen LogP contribution in [0.1, 0.15) is 6.92 Å². The van der Waals surface area contributed by atoms with E-state index in [1.165, 1.54) is 0 Å². The Morgan fingerprint density at radius 2 is 2.50 bits per heavy atom. The topological polar surface area (TPSA) is 44.2 Å². The lowest BCUT2D eigenvalue weighted by molar-refractivity contribution is 0.0976. The van der Waals surface area contributed by atoms with Gasteiger partial charge in [-0.3, -0.25) is 0 Å². The summed E-state index contributed by atoms with van der Waals surface area (Å²) in [5, 5.41) is 0. The van der Waals surface area contributed by atoms with E-state index in [9.17, 15) is 0 Å². The first-order chi connectivity index (χ1) is 5.75. The number of aromatic nitrogens is 2. The molecule has 12 heavy (non-hydrogen) atoms. The van der Waals surface area contributed by atoms with Gasteiger partial charge in [-0.2, -0.15) is 4.98 Å². The maximum absolute atomic E-state index is 5.42. The lowest BCUT2D eigenvalue weighted by Crippen LogP contribution is -2.26. The molecule has 1 atom stereocenters. The second kappa shape index (κ2) is 2.90. The minimum absolute atomic E-state index is 0.0716. The Morgan fingerprint density at radius 1 is 1.67 bits per heavy atom. The van der Waals surface area contributed by atoms with Crippen molar-refractivity contribution in [2.45, 2.75) is 13.0 Å². The highest BCUT2D eigenvalue weighted by Gasteiger charge is 2.18. The van der Waals surface area contributed by atoms with Crippen molar-refractivity contribution in [1.29, 1.82) is 0 Å². The summed E-state index contributed by atoms with van der Waals surface area (Å²) in [6.45, 7) is 2.47. The van der Waals surface area contributed by atoms with Crippen LogP contribution in [0.5, 0.6) is 11.6 Å². The molecule has 0 amide bonds. The van der Waals surface area contributed by atoms with Gasteiger partial charge in [0, 0.05) is 0 Å². The minimum atomic E-state index is 0.0716. The van der Waals surface area contributed by atoms with Gasteiger partial charge in [-0.25, -0.2) is 4.98 Å². The Labute approximate surface area is 78.1 Å². The van der Waals surface area contributed by atoms with Crippen LogP contribution in [0, 0.1) is 0 Å². The molecule has 0 aliphatic carbocycles. The quantitative estimate of drug-likeness (QED) is 0.633. The zero-order valence-electron chi connectivity index (χ0n) is 6.45. The number of hydrogen-bond donors (Lipinski definition) is 0. The number of rotatable bonds is 0. The summed E-state index contributed by atoms with van der Waals surface area (Å²) in [5.74, 6) is 1.12. The minimum Gasteiger partial charge on any atom is -0.480 e.